The second-order valence-electron chi connectivity index (χ2n) is 7.12. The number of hydrogen-bond acceptors (Lipinski definition) is 5. The molecule has 164 valence electrons. The Kier molecular flexibility index (Phi) is 6.61. The highest BCUT2D eigenvalue weighted by Crippen LogP contribution is 2.23. The maximum atomic E-state index is 12.7. The van der Waals surface area contributed by atoms with Gasteiger partial charge in [-0.2, -0.15) is 0 Å². The summed E-state index contributed by atoms with van der Waals surface area (Å²) >= 11 is 6.28. The highest BCUT2D eigenvalue weighted by Gasteiger charge is 2.10. The van der Waals surface area contributed by atoms with Crippen molar-refractivity contribution in [1.82, 2.24) is 9.97 Å². The van der Waals surface area contributed by atoms with E-state index < -0.39 is 5.91 Å². The average Bonchev–Trinajstić information content (AvgIpc) is 2.85. The number of aromatic nitrogens is 2. The van der Waals surface area contributed by atoms with E-state index >= 15 is 0 Å². The van der Waals surface area contributed by atoms with E-state index in [1.165, 1.54) is 24.7 Å². The Morgan fingerprint density at radius 3 is 2.48 bits per heavy atom. The Morgan fingerprint density at radius 1 is 0.939 bits per heavy atom. The molecule has 2 heterocycles. The van der Waals surface area contributed by atoms with Gasteiger partial charge in [0, 0.05) is 34.2 Å². The first-order chi connectivity index (χ1) is 16.0. The first-order valence-corrected chi connectivity index (χ1v) is 10.4. The van der Waals surface area contributed by atoms with Crippen LogP contribution in [0.25, 0.3) is 11.3 Å². The van der Waals surface area contributed by atoms with Crippen LogP contribution < -0.4 is 15.8 Å². The molecule has 2 amide bonds. The number of halogens is 1. The molecule has 2 aromatic carbocycles. The van der Waals surface area contributed by atoms with Gasteiger partial charge in [-0.1, -0.05) is 41.9 Å². The van der Waals surface area contributed by atoms with Crippen LogP contribution in [0.2, 0.25) is 5.02 Å². The van der Waals surface area contributed by atoms with Gasteiger partial charge >= 0.3 is 0 Å². The highest BCUT2D eigenvalue weighted by molar-refractivity contribution is 6.31. The van der Waals surface area contributed by atoms with Crippen LogP contribution in [0.15, 0.2) is 85.3 Å². The molecule has 7 nitrogen and oxygen atoms in total. The lowest BCUT2D eigenvalue weighted by Crippen LogP contribution is -2.13. The molecule has 0 atom stereocenters. The monoisotopic (exact) mass is 458 g/mol. The molecule has 4 aromatic rings. The number of primary amides is 1. The largest absolute Gasteiger partial charge is 0.487 e. The number of hydrogen-bond donors (Lipinski definition) is 2. The second kappa shape index (κ2) is 9.93. The van der Waals surface area contributed by atoms with Crippen molar-refractivity contribution in [3.05, 3.63) is 107 Å². The summed E-state index contributed by atoms with van der Waals surface area (Å²) in [6.45, 7) is 0.111. The van der Waals surface area contributed by atoms with Crippen LogP contribution in [0.3, 0.4) is 0 Å². The number of nitrogens with two attached hydrogens (primary N) is 1. The van der Waals surface area contributed by atoms with Crippen LogP contribution in [0.5, 0.6) is 5.75 Å². The minimum Gasteiger partial charge on any atom is -0.487 e. The molecule has 0 radical (unpaired) electrons. The Labute approximate surface area is 195 Å². The Hall–Kier alpha value is -4.23. The van der Waals surface area contributed by atoms with Gasteiger partial charge in [-0.3, -0.25) is 19.6 Å². The summed E-state index contributed by atoms with van der Waals surface area (Å²) in [6, 6.07) is 19.8. The fraction of sp³-hybridized carbons (Fsp3) is 0.0400. The normalized spacial score (nSPS) is 10.5. The molecular weight excluding hydrogens is 440 g/mol. The quantitative estimate of drug-likeness (QED) is 0.416. The minimum absolute atomic E-state index is 0.111. The topological polar surface area (TPSA) is 107 Å². The number of amides is 2. The molecule has 0 saturated carbocycles. The fourth-order valence-electron chi connectivity index (χ4n) is 3.07. The lowest BCUT2D eigenvalue weighted by Gasteiger charge is -2.11. The van der Waals surface area contributed by atoms with Crippen molar-refractivity contribution < 1.29 is 14.3 Å². The van der Waals surface area contributed by atoms with E-state index in [9.17, 15) is 9.59 Å². The zero-order chi connectivity index (χ0) is 23.2. The molecule has 4 rings (SSSR count). The molecule has 0 saturated heterocycles. The maximum absolute atomic E-state index is 12.7. The number of benzene rings is 2. The van der Waals surface area contributed by atoms with Crippen molar-refractivity contribution >= 4 is 29.1 Å². The van der Waals surface area contributed by atoms with Gasteiger partial charge in [-0.25, -0.2) is 0 Å². The van der Waals surface area contributed by atoms with Crippen LogP contribution in [0.1, 0.15) is 26.3 Å². The van der Waals surface area contributed by atoms with E-state index in [2.05, 4.69) is 15.3 Å². The van der Waals surface area contributed by atoms with Crippen molar-refractivity contribution in [3.63, 3.8) is 0 Å². The lowest BCUT2D eigenvalue weighted by atomic mass is 10.1. The molecule has 0 aliphatic carbocycles. The summed E-state index contributed by atoms with van der Waals surface area (Å²) in [5.74, 6) is -0.516. The van der Waals surface area contributed by atoms with Crippen LogP contribution in [-0.4, -0.2) is 21.8 Å². The number of carbonyl (C=O) groups excluding carboxylic acids is 2. The molecule has 8 heteroatoms. The third kappa shape index (κ3) is 5.53. The number of carbonyl (C=O) groups is 2. The third-order valence-electron chi connectivity index (χ3n) is 4.79. The first kappa shape index (κ1) is 22.0. The van der Waals surface area contributed by atoms with Crippen molar-refractivity contribution in [2.45, 2.75) is 6.61 Å². The lowest BCUT2D eigenvalue weighted by molar-refractivity contribution is 0.0997. The number of rotatable bonds is 7. The van der Waals surface area contributed by atoms with Crippen LogP contribution in [-0.2, 0) is 6.61 Å². The van der Waals surface area contributed by atoms with Crippen molar-refractivity contribution in [1.29, 1.82) is 0 Å². The van der Waals surface area contributed by atoms with Crippen molar-refractivity contribution in [2.24, 2.45) is 5.73 Å². The van der Waals surface area contributed by atoms with Gasteiger partial charge in [-0.15, -0.1) is 0 Å². The van der Waals surface area contributed by atoms with Gasteiger partial charge < -0.3 is 15.8 Å². The van der Waals surface area contributed by atoms with Crippen LogP contribution in [0.4, 0.5) is 5.69 Å². The standard InChI is InChI=1S/C25H19ClN4O3/c26-22-8-7-20(10-19(22)15-33-21-11-18(24(27)31)12-28-14-21)30-25(32)17-6-9-23(29-13-17)16-4-2-1-3-5-16/h1-14H,15H2,(H2,27,31)(H,30,32). The summed E-state index contributed by atoms with van der Waals surface area (Å²) in [7, 11) is 0. The number of ether oxygens (including phenoxy) is 1. The summed E-state index contributed by atoms with van der Waals surface area (Å²) in [5.41, 5.74) is 8.90. The number of nitrogens with zero attached hydrogens (tertiary/aromatic N) is 2. The number of pyridine rings is 2. The number of anilines is 1. The van der Waals surface area contributed by atoms with Crippen LogP contribution >= 0.6 is 11.6 Å². The fourth-order valence-corrected chi connectivity index (χ4v) is 3.24. The van der Waals surface area contributed by atoms with E-state index in [1.807, 2.05) is 30.3 Å². The zero-order valence-electron chi connectivity index (χ0n) is 17.4. The maximum Gasteiger partial charge on any atom is 0.257 e. The first-order valence-electron chi connectivity index (χ1n) is 9.98. The summed E-state index contributed by atoms with van der Waals surface area (Å²) in [4.78, 5) is 32.3. The summed E-state index contributed by atoms with van der Waals surface area (Å²) < 4.78 is 5.69. The molecular formula is C25H19ClN4O3. The zero-order valence-corrected chi connectivity index (χ0v) is 18.1. The highest BCUT2D eigenvalue weighted by atomic mass is 35.5. The van der Waals surface area contributed by atoms with Gasteiger partial charge in [-0.05, 0) is 36.4 Å². The Bertz CT molecular complexity index is 1290. The van der Waals surface area contributed by atoms with Gasteiger partial charge in [0.2, 0.25) is 5.91 Å². The molecule has 0 bridgehead atoms. The third-order valence-corrected chi connectivity index (χ3v) is 5.16. The van der Waals surface area contributed by atoms with Crippen molar-refractivity contribution in [2.75, 3.05) is 5.32 Å². The average molecular weight is 459 g/mol. The van der Waals surface area contributed by atoms with E-state index in [-0.39, 0.29) is 18.1 Å². The van der Waals surface area contributed by atoms with E-state index in [0.717, 1.165) is 11.3 Å². The van der Waals surface area contributed by atoms with E-state index in [1.54, 1.807) is 30.3 Å². The molecule has 0 aliphatic heterocycles. The van der Waals surface area contributed by atoms with Crippen molar-refractivity contribution in [3.8, 4) is 17.0 Å². The number of nitrogens with one attached hydrogen (secondary N) is 1. The Morgan fingerprint density at radius 2 is 1.76 bits per heavy atom. The van der Waals surface area contributed by atoms with Gasteiger partial charge in [0.15, 0.2) is 0 Å². The van der Waals surface area contributed by atoms with Gasteiger partial charge in [0.1, 0.15) is 12.4 Å². The van der Waals surface area contributed by atoms with Crippen LogP contribution in [0, 0.1) is 0 Å². The SMILES string of the molecule is NC(=O)c1cncc(OCc2cc(NC(=O)c3ccc(-c4ccccc4)nc3)ccc2Cl)c1. The van der Waals surface area contributed by atoms with E-state index in [0.29, 0.717) is 27.6 Å². The smallest absolute Gasteiger partial charge is 0.257 e. The summed E-state index contributed by atoms with van der Waals surface area (Å²) in [5, 5.41) is 3.31. The molecule has 0 unspecified atom stereocenters. The predicted octanol–water partition coefficient (Wildman–Crippen LogP) is 4.73. The Balaban J connectivity index is 1.43. The molecule has 3 N–H and O–H groups in total. The molecule has 0 aliphatic rings. The molecule has 0 fully saturated rings. The summed E-state index contributed by atoms with van der Waals surface area (Å²) in [6.07, 6.45) is 4.37. The van der Waals surface area contributed by atoms with Gasteiger partial charge in [0.05, 0.1) is 23.0 Å². The van der Waals surface area contributed by atoms with Gasteiger partial charge in [0.25, 0.3) is 5.91 Å². The molecule has 0 spiro atoms. The van der Waals surface area contributed by atoms with E-state index in [4.69, 9.17) is 22.1 Å². The minimum atomic E-state index is -0.595. The molecule has 33 heavy (non-hydrogen) atoms. The predicted molar refractivity (Wildman–Crippen MR) is 126 cm³/mol. The molecule has 2 aromatic heterocycles. The second-order valence-corrected chi connectivity index (χ2v) is 7.53.